The summed E-state index contributed by atoms with van der Waals surface area (Å²) in [6.45, 7) is 0.148. The van der Waals surface area contributed by atoms with Crippen molar-refractivity contribution in [1.82, 2.24) is 0 Å². The molecule has 0 aromatic heterocycles. The molecule has 0 amide bonds. The Bertz CT molecular complexity index is 304. The molecule has 1 aromatic carbocycles. The predicted octanol–water partition coefficient (Wildman–Crippen LogP) is 1.55. The van der Waals surface area contributed by atoms with Crippen molar-refractivity contribution in [3.63, 3.8) is 0 Å². The average molecular weight is 248 g/mol. The van der Waals surface area contributed by atoms with E-state index in [9.17, 15) is 5.11 Å². The molecule has 0 atom stereocenters. The Morgan fingerprint density at radius 3 is 2.77 bits per heavy atom. The molecular formula is C8H10BrNO3. The van der Waals surface area contributed by atoms with Gasteiger partial charge in [0, 0.05) is 5.56 Å². The van der Waals surface area contributed by atoms with Crippen molar-refractivity contribution in [2.45, 2.75) is 6.61 Å². The third kappa shape index (κ3) is 2.33. The predicted molar refractivity (Wildman–Crippen MR) is 51.3 cm³/mol. The number of phenolic OH excluding ortho intramolecular Hbond substituents is 1. The molecule has 4 nitrogen and oxygen atoms in total. The Kier molecular flexibility index (Phi) is 3.53. The van der Waals surface area contributed by atoms with Crippen LogP contribution in [0.4, 0.5) is 0 Å². The quantitative estimate of drug-likeness (QED) is 0.796. The molecular weight excluding hydrogens is 238 g/mol. The fourth-order valence-electron chi connectivity index (χ4n) is 0.947. The lowest BCUT2D eigenvalue weighted by Gasteiger charge is -2.07. The first-order valence-electron chi connectivity index (χ1n) is 3.56. The van der Waals surface area contributed by atoms with Gasteiger partial charge in [-0.05, 0) is 28.1 Å². The van der Waals surface area contributed by atoms with E-state index in [-0.39, 0.29) is 12.4 Å². The molecule has 0 spiro atoms. The van der Waals surface area contributed by atoms with Crippen LogP contribution in [0.25, 0.3) is 0 Å². The first kappa shape index (κ1) is 10.3. The summed E-state index contributed by atoms with van der Waals surface area (Å²) in [7, 11) is 1.55. The number of ether oxygens (including phenoxy) is 1. The minimum absolute atomic E-state index is 0.123. The molecule has 3 N–H and O–H groups in total. The summed E-state index contributed by atoms with van der Waals surface area (Å²) in [5.74, 6) is 5.65. The molecule has 13 heavy (non-hydrogen) atoms. The van der Waals surface area contributed by atoms with E-state index in [1.54, 1.807) is 13.2 Å². The van der Waals surface area contributed by atoms with Gasteiger partial charge >= 0.3 is 0 Å². The van der Waals surface area contributed by atoms with Crippen molar-refractivity contribution >= 4 is 15.9 Å². The first-order valence-corrected chi connectivity index (χ1v) is 4.35. The third-order valence-corrected chi connectivity index (χ3v) is 2.21. The second kappa shape index (κ2) is 4.45. The molecule has 1 aromatic rings. The summed E-state index contributed by atoms with van der Waals surface area (Å²) in [6.07, 6.45) is 0. The minimum atomic E-state index is 0.123. The lowest BCUT2D eigenvalue weighted by molar-refractivity contribution is 0.122. The zero-order valence-corrected chi connectivity index (χ0v) is 8.67. The normalized spacial score (nSPS) is 10.1. The fourth-order valence-corrected chi connectivity index (χ4v) is 1.44. The molecule has 0 bridgehead atoms. The van der Waals surface area contributed by atoms with Crippen molar-refractivity contribution in [2.24, 2.45) is 5.90 Å². The van der Waals surface area contributed by atoms with Gasteiger partial charge in [-0.1, -0.05) is 0 Å². The Hall–Kier alpha value is -0.780. The molecule has 1 rings (SSSR count). The number of hydrogen-bond acceptors (Lipinski definition) is 4. The monoisotopic (exact) mass is 247 g/mol. The zero-order chi connectivity index (χ0) is 9.84. The van der Waals surface area contributed by atoms with Gasteiger partial charge in [-0.2, -0.15) is 0 Å². The Labute approximate surface area is 84.3 Å². The van der Waals surface area contributed by atoms with Crippen molar-refractivity contribution in [1.29, 1.82) is 0 Å². The van der Waals surface area contributed by atoms with E-state index >= 15 is 0 Å². The molecule has 0 saturated heterocycles. The maximum absolute atomic E-state index is 9.42. The highest BCUT2D eigenvalue weighted by Crippen LogP contribution is 2.32. The number of halogens is 1. The topological polar surface area (TPSA) is 64.7 Å². The average Bonchev–Trinajstić information content (AvgIpc) is 2.10. The molecule has 0 aliphatic carbocycles. The summed E-state index contributed by atoms with van der Waals surface area (Å²) in [5.41, 5.74) is 0.586. The maximum Gasteiger partial charge on any atom is 0.133 e. The van der Waals surface area contributed by atoms with Crippen LogP contribution in [0.15, 0.2) is 16.6 Å². The smallest absolute Gasteiger partial charge is 0.133 e. The summed E-state index contributed by atoms with van der Waals surface area (Å²) in [4.78, 5) is 4.42. The molecule has 0 unspecified atom stereocenters. The van der Waals surface area contributed by atoms with Crippen LogP contribution in [-0.2, 0) is 11.4 Å². The summed E-state index contributed by atoms with van der Waals surface area (Å²) >= 11 is 3.24. The van der Waals surface area contributed by atoms with Gasteiger partial charge in [-0.15, -0.1) is 0 Å². The van der Waals surface area contributed by atoms with E-state index in [1.807, 2.05) is 0 Å². The van der Waals surface area contributed by atoms with Gasteiger partial charge in [0.05, 0.1) is 18.2 Å². The largest absolute Gasteiger partial charge is 0.508 e. The Balaban J connectivity index is 3.06. The van der Waals surface area contributed by atoms with Gasteiger partial charge in [0.1, 0.15) is 11.5 Å². The molecule has 0 radical (unpaired) electrons. The number of methoxy groups -OCH3 is 1. The number of benzene rings is 1. The van der Waals surface area contributed by atoms with E-state index in [0.29, 0.717) is 15.8 Å². The fraction of sp³-hybridized carbons (Fsp3) is 0.250. The van der Waals surface area contributed by atoms with Crippen molar-refractivity contribution in [2.75, 3.05) is 7.11 Å². The summed E-state index contributed by atoms with van der Waals surface area (Å²) in [6, 6.07) is 3.19. The first-order chi connectivity index (χ1) is 6.19. The highest BCUT2D eigenvalue weighted by atomic mass is 79.9. The molecule has 0 saturated carbocycles. The van der Waals surface area contributed by atoms with Crippen LogP contribution >= 0.6 is 15.9 Å². The summed E-state index contributed by atoms with van der Waals surface area (Å²) in [5, 5.41) is 9.42. The van der Waals surface area contributed by atoms with Crippen molar-refractivity contribution in [3.8, 4) is 11.5 Å². The van der Waals surface area contributed by atoms with Crippen molar-refractivity contribution < 1.29 is 14.7 Å². The highest BCUT2D eigenvalue weighted by Gasteiger charge is 2.07. The number of nitrogens with two attached hydrogens (primary N) is 1. The van der Waals surface area contributed by atoms with Gasteiger partial charge in [0.2, 0.25) is 0 Å². The maximum atomic E-state index is 9.42. The van der Waals surface area contributed by atoms with Crippen LogP contribution < -0.4 is 10.6 Å². The lowest BCUT2D eigenvalue weighted by atomic mass is 10.2. The van der Waals surface area contributed by atoms with Gasteiger partial charge in [0.25, 0.3) is 0 Å². The van der Waals surface area contributed by atoms with Crippen LogP contribution in [0.2, 0.25) is 0 Å². The van der Waals surface area contributed by atoms with Gasteiger partial charge in [-0.25, -0.2) is 5.90 Å². The van der Waals surface area contributed by atoms with Crippen LogP contribution in [-0.4, -0.2) is 12.2 Å². The summed E-state index contributed by atoms with van der Waals surface area (Å²) < 4.78 is 5.72. The molecule has 0 aliphatic rings. The second-order valence-electron chi connectivity index (χ2n) is 2.43. The number of aromatic hydroxyl groups is 1. The van der Waals surface area contributed by atoms with Gasteiger partial charge < -0.3 is 9.84 Å². The molecule has 0 aliphatic heterocycles. The van der Waals surface area contributed by atoms with Crippen LogP contribution in [0, 0.1) is 0 Å². The zero-order valence-electron chi connectivity index (χ0n) is 7.08. The van der Waals surface area contributed by atoms with Crippen molar-refractivity contribution in [3.05, 3.63) is 22.2 Å². The molecule has 0 heterocycles. The second-order valence-corrected chi connectivity index (χ2v) is 3.28. The van der Waals surface area contributed by atoms with Crippen LogP contribution in [0.1, 0.15) is 5.56 Å². The van der Waals surface area contributed by atoms with E-state index in [4.69, 9.17) is 10.6 Å². The molecule has 0 fully saturated rings. The number of rotatable bonds is 3. The van der Waals surface area contributed by atoms with Crippen LogP contribution in [0.3, 0.4) is 0 Å². The molecule has 72 valence electrons. The Morgan fingerprint density at radius 1 is 1.54 bits per heavy atom. The van der Waals surface area contributed by atoms with Gasteiger partial charge in [0.15, 0.2) is 0 Å². The van der Waals surface area contributed by atoms with Gasteiger partial charge in [-0.3, -0.25) is 4.84 Å². The minimum Gasteiger partial charge on any atom is -0.508 e. The molecule has 5 heteroatoms. The van der Waals surface area contributed by atoms with Crippen LogP contribution in [0.5, 0.6) is 11.5 Å². The number of phenols is 1. The van der Waals surface area contributed by atoms with E-state index < -0.39 is 0 Å². The number of hydrogen-bond donors (Lipinski definition) is 2. The SMILES string of the molecule is COc1cc(CON)c(O)cc1Br. The standard InChI is InChI=1S/C8H10BrNO3/c1-12-8-2-5(4-13-10)7(11)3-6(8)9/h2-3,11H,4,10H2,1H3. The lowest BCUT2D eigenvalue weighted by Crippen LogP contribution is -1.99. The van der Waals surface area contributed by atoms with E-state index in [0.717, 1.165) is 0 Å². The van der Waals surface area contributed by atoms with E-state index in [2.05, 4.69) is 20.8 Å². The highest BCUT2D eigenvalue weighted by molar-refractivity contribution is 9.10. The van der Waals surface area contributed by atoms with E-state index in [1.165, 1.54) is 6.07 Å². The third-order valence-electron chi connectivity index (χ3n) is 1.59. The Morgan fingerprint density at radius 2 is 2.23 bits per heavy atom.